The summed E-state index contributed by atoms with van der Waals surface area (Å²) in [7, 11) is 0. The van der Waals surface area contributed by atoms with Gasteiger partial charge in [0.25, 0.3) is 0 Å². The zero-order valence-corrected chi connectivity index (χ0v) is 19.0. The van der Waals surface area contributed by atoms with E-state index in [2.05, 4.69) is 42.4 Å². The van der Waals surface area contributed by atoms with Crippen molar-refractivity contribution in [2.45, 2.75) is 84.4 Å². The van der Waals surface area contributed by atoms with Crippen molar-refractivity contribution in [3.8, 4) is 0 Å². The molecule has 4 heteroatoms. The Labute approximate surface area is 173 Å². The van der Waals surface area contributed by atoms with Crippen LogP contribution < -0.4 is 0 Å². The van der Waals surface area contributed by atoms with E-state index >= 15 is 4.39 Å². The smallest absolute Gasteiger partial charge is 0.126 e. The molecule has 4 aliphatic rings. The molecule has 3 heterocycles. The Kier molecular flexibility index (Phi) is 5.88. The zero-order chi connectivity index (χ0) is 20.0. The molecule has 4 fully saturated rings. The van der Waals surface area contributed by atoms with E-state index in [-0.39, 0.29) is 0 Å². The summed E-state index contributed by atoms with van der Waals surface area (Å²) >= 11 is 0. The normalized spacial score (nSPS) is 30.1. The van der Waals surface area contributed by atoms with Crippen LogP contribution in [0.3, 0.4) is 0 Å². The summed E-state index contributed by atoms with van der Waals surface area (Å²) < 4.78 is 15.3. The molecule has 0 aromatic rings. The predicted octanol–water partition coefficient (Wildman–Crippen LogP) is 4.42. The Balaban J connectivity index is 1.18. The van der Waals surface area contributed by atoms with Crippen LogP contribution in [0.5, 0.6) is 0 Å². The molecule has 3 nitrogen and oxygen atoms in total. The van der Waals surface area contributed by atoms with Crippen LogP contribution in [0.4, 0.5) is 4.39 Å². The van der Waals surface area contributed by atoms with Crippen molar-refractivity contribution >= 4 is 0 Å². The van der Waals surface area contributed by atoms with E-state index in [1.807, 2.05) is 0 Å². The second-order valence-corrected chi connectivity index (χ2v) is 11.8. The molecule has 0 radical (unpaired) electrons. The predicted molar refractivity (Wildman–Crippen MR) is 115 cm³/mol. The van der Waals surface area contributed by atoms with Gasteiger partial charge in [-0.2, -0.15) is 0 Å². The quantitative estimate of drug-likeness (QED) is 0.634. The van der Waals surface area contributed by atoms with Gasteiger partial charge in [0.05, 0.1) is 0 Å². The van der Waals surface area contributed by atoms with Crippen LogP contribution in [0.15, 0.2) is 0 Å². The first-order valence-corrected chi connectivity index (χ1v) is 12.1. The Hall–Kier alpha value is -0.190. The molecule has 1 aliphatic carbocycles. The van der Waals surface area contributed by atoms with Gasteiger partial charge in [0.2, 0.25) is 0 Å². The molecule has 3 aliphatic heterocycles. The van der Waals surface area contributed by atoms with Crippen molar-refractivity contribution in [2.75, 3.05) is 52.4 Å². The summed E-state index contributed by atoms with van der Waals surface area (Å²) in [6.07, 6.45) is 8.43. The van der Waals surface area contributed by atoms with Gasteiger partial charge >= 0.3 is 0 Å². The number of hydrogen-bond donors (Lipinski definition) is 0. The highest BCUT2D eigenvalue weighted by molar-refractivity contribution is 5.03. The molecule has 0 N–H and O–H groups in total. The van der Waals surface area contributed by atoms with Crippen molar-refractivity contribution in [3.63, 3.8) is 0 Å². The molecule has 0 aromatic heterocycles. The summed E-state index contributed by atoms with van der Waals surface area (Å²) in [5, 5.41) is 0. The molecule has 1 saturated carbocycles. The SMILES string of the molecule is CC(C)CC1(CN2CCC3(CC2)CN(CC2(F)CCN(C(C)C)CC2)C3)CC1. The van der Waals surface area contributed by atoms with Gasteiger partial charge < -0.3 is 9.80 Å². The van der Waals surface area contributed by atoms with Crippen LogP contribution in [0, 0.1) is 16.7 Å². The maximum absolute atomic E-state index is 15.3. The second kappa shape index (κ2) is 7.81. The van der Waals surface area contributed by atoms with Crippen LogP contribution in [0.1, 0.15) is 72.6 Å². The minimum Gasteiger partial charge on any atom is -0.303 e. The lowest BCUT2D eigenvalue weighted by Crippen LogP contribution is -2.63. The van der Waals surface area contributed by atoms with E-state index in [0.717, 1.165) is 44.9 Å². The van der Waals surface area contributed by atoms with E-state index in [0.29, 0.717) is 23.4 Å². The van der Waals surface area contributed by atoms with Crippen LogP contribution in [0.25, 0.3) is 0 Å². The number of likely N-dealkylation sites (tertiary alicyclic amines) is 3. The molecule has 162 valence electrons. The average molecular weight is 394 g/mol. The molecular weight excluding hydrogens is 349 g/mol. The number of piperidine rings is 2. The number of nitrogens with zero attached hydrogens (tertiary/aromatic N) is 3. The average Bonchev–Trinajstić information content (AvgIpc) is 3.33. The molecule has 0 bridgehead atoms. The summed E-state index contributed by atoms with van der Waals surface area (Å²) in [5.74, 6) is 0.833. The van der Waals surface area contributed by atoms with E-state index < -0.39 is 5.67 Å². The van der Waals surface area contributed by atoms with E-state index in [1.165, 1.54) is 51.7 Å². The monoisotopic (exact) mass is 393 g/mol. The number of halogens is 1. The summed E-state index contributed by atoms with van der Waals surface area (Å²) in [4.78, 5) is 7.61. The number of rotatable bonds is 7. The molecule has 0 aromatic carbocycles. The van der Waals surface area contributed by atoms with E-state index in [1.54, 1.807) is 0 Å². The van der Waals surface area contributed by atoms with Crippen LogP contribution >= 0.6 is 0 Å². The molecule has 0 unspecified atom stereocenters. The maximum atomic E-state index is 15.3. The molecule has 4 rings (SSSR count). The first-order chi connectivity index (χ1) is 13.2. The third-order valence-corrected chi connectivity index (χ3v) is 8.32. The van der Waals surface area contributed by atoms with Gasteiger partial charge in [-0.25, -0.2) is 4.39 Å². The zero-order valence-electron chi connectivity index (χ0n) is 19.0. The van der Waals surface area contributed by atoms with Crippen LogP contribution in [0.2, 0.25) is 0 Å². The van der Waals surface area contributed by atoms with Gasteiger partial charge in [0.15, 0.2) is 0 Å². The fourth-order valence-electron chi connectivity index (χ4n) is 6.46. The lowest BCUT2D eigenvalue weighted by Gasteiger charge is -2.56. The van der Waals surface area contributed by atoms with Gasteiger partial charge in [0.1, 0.15) is 5.67 Å². The van der Waals surface area contributed by atoms with Gasteiger partial charge in [-0.15, -0.1) is 0 Å². The van der Waals surface area contributed by atoms with Gasteiger partial charge in [-0.3, -0.25) is 4.90 Å². The van der Waals surface area contributed by atoms with E-state index in [9.17, 15) is 0 Å². The Morgan fingerprint density at radius 1 is 0.750 bits per heavy atom. The van der Waals surface area contributed by atoms with E-state index in [4.69, 9.17) is 0 Å². The summed E-state index contributed by atoms with van der Waals surface area (Å²) in [6.45, 7) is 17.9. The first-order valence-electron chi connectivity index (χ1n) is 12.1. The highest BCUT2D eigenvalue weighted by atomic mass is 19.1. The fourth-order valence-corrected chi connectivity index (χ4v) is 6.46. The third kappa shape index (κ3) is 4.75. The lowest BCUT2D eigenvalue weighted by molar-refractivity contribution is -0.0835. The molecule has 0 amide bonds. The first kappa shape index (κ1) is 21.1. The second-order valence-electron chi connectivity index (χ2n) is 11.8. The molecule has 3 saturated heterocycles. The highest BCUT2D eigenvalue weighted by Gasteiger charge is 2.50. The molecule has 1 spiro atoms. The summed E-state index contributed by atoms with van der Waals surface area (Å²) in [5.41, 5.74) is 0.235. The Morgan fingerprint density at radius 2 is 1.36 bits per heavy atom. The highest BCUT2D eigenvalue weighted by Crippen LogP contribution is 2.52. The topological polar surface area (TPSA) is 9.72 Å². The van der Waals surface area contributed by atoms with Gasteiger partial charge in [-0.05, 0) is 88.6 Å². The Bertz CT molecular complexity index is 518. The number of hydrogen-bond acceptors (Lipinski definition) is 3. The van der Waals surface area contributed by atoms with Crippen molar-refractivity contribution in [2.24, 2.45) is 16.7 Å². The van der Waals surface area contributed by atoms with Crippen molar-refractivity contribution in [1.29, 1.82) is 0 Å². The molecule has 0 atom stereocenters. The van der Waals surface area contributed by atoms with Crippen molar-refractivity contribution in [1.82, 2.24) is 14.7 Å². The molecule has 28 heavy (non-hydrogen) atoms. The van der Waals surface area contributed by atoms with Gasteiger partial charge in [0, 0.05) is 45.3 Å². The Morgan fingerprint density at radius 3 is 1.86 bits per heavy atom. The standard InChI is InChI=1S/C24H44FN3/c1-20(2)15-22(5-6-22)16-26-11-7-23(8-12-26)17-27(18-23)19-24(25)9-13-28(14-10-24)21(3)4/h20-21H,5-19H2,1-4H3. The minimum absolute atomic E-state index is 0.514. The minimum atomic E-state index is -0.942. The van der Waals surface area contributed by atoms with Crippen molar-refractivity contribution in [3.05, 3.63) is 0 Å². The number of alkyl halides is 1. The van der Waals surface area contributed by atoms with Gasteiger partial charge in [-0.1, -0.05) is 13.8 Å². The van der Waals surface area contributed by atoms with Crippen LogP contribution in [-0.4, -0.2) is 78.8 Å². The lowest BCUT2D eigenvalue weighted by atomic mass is 9.71. The summed E-state index contributed by atoms with van der Waals surface area (Å²) in [6, 6.07) is 0.553. The van der Waals surface area contributed by atoms with Crippen molar-refractivity contribution < 1.29 is 4.39 Å². The van der Waals surface area contributed by atoms with Crippen LogP contribution in [-0.2, 0) is 0 Å². The third-order valence-electron chi connectivity index (χ3n) is 8.32. The largest absolute Gasteiger partial charge is 0.303 e. The fraction of sp³-hybridized carbons (Fsp3) is 1.00. The maximum Gasteiger partial charge on any atom is 0.126 e. The molecular formula is C24H44FN3.